The van der Waals surface area contributed by atoms with Crippen LogP contribution < -0.4 is 9.47 Å². The summed E-state index contributed by atoms with van der Waals surface area (Å²) in [6.45, 7) is 6.50. The van der Waals surface area contributed by atoms with E-state index in [0.717, 1.165) is 13.1 Å². The summed E-state index contributed by atoms with van der Waals surface area (Å²) in [6.07, 6.45) is 0. The molecule has 1 aliphatic rings. The van der Waals surface area contributed by atoms with Crippen molar-refractivity contribution in [2.24, 2.45) is 0 Å². The smallest absolute Gasteiger partial charge is 0.337 e. The third-order valence-electron chi connectivity index (χ3n) is 6.40. The summed E-state index contributed by atoms with van der Waals surface area (Å²) in [4.78, 5) is 41.9. The number of ketones is 1. The molecule has 36 heavy (non-hydrogen) atoms. The summed E-state index contributed by atoms with van der Waals surface area (Å²) in [7, 11) is 4.26. The van der Waals surface area contributed by atoms with Gasteiger partial charge >= 0.3 is 5.97 Å². The molecule has 0 aromatic heterocycles. The summed E-state index contributed by atoms with van der Waals surface area (Å²) in [5.74, 6) is -1.45. The number of hydrogen-bond acceptors (Lipinski definition) is 8. The maximum absolute atomic E-state index is 13.2. The summed E-state index contributed by atoms with van der Waals surface area (Å²) < 4.78 is 15.4. The van der Waals surface area contributed by atoms with Gasteiger partial charge < -0.3 is 29.1 Å². The first-order chi connectivity index (χ1) is 17.3. The fraction of sp³-hybridized carbons (Fsp3) is 0.370. The van der Waals surface area contributed by atoms with Crippen LogP contribution in [0, 0.1) is 0 Å². The Labute approximate surface area is 210 Å². The van der Waals surface area contributed by atoms with E-state index in [-0.39, 0.29) is 11.3 Å². The first kappa shape index (κ1) is 26.7. The highest BCUT2D eigenvalue weighted by Gasteiger charge is 2.46. The zero-order valence-electron chi connectivity index (χ0n) is 21.2. The van der Waals surface area contributed by atoms with E-state index in [2.05, 4.69) is 4.90 Å². The molecular weight excluding hydrogens is 464 g/mol. The number of carbonyl (C=O) groups is 3. The number of hydrogen-bond donors (Lipinski definition) is 1. The van der Waals surface area contributed by atoms with Crippen LogP contribution in [0.5, 0.6) is 11.5 Å². The van der Waals surface area contributed by atoms with E-state index in [9.17, 15) is 19.5 Å². The number of aliphatic hydroxyl groups excluding tert-OH is 1. The van der Waals surface area contributed by atoms with Gasteiger partial charge in [0, 0.05) is 18.7 Å². The normalized spacial score (nSPS) is 16.9. The molecule has 0 bridgehead atoms. The van der Waals surface area contributed by atoms with Crippen LogP contribution in [-0.2, 0) is 14.3 Å². The summed E-state index contributed by atoms with van der Waals surface area (Å²) in [6, 6.07) is 10.4. The monoisotopic (exact) mass is 496 g/mol. The van der Waals surface area contributed by atoms with E-state index in [4.69, 9.17) is 14.2 Å². The minimum Gasteiger partial charge on any atom is -0.507 e. The summed E-state index contributed by atoms with van der Waals surface area (Å²) >= 11 is 0. The second-order valence-corrected chi connectivity index (χ2v) is 8.20. The maximum Gasteiger partial charge on any atom is 0.337 e. The molecule has 2 aromatic rings. The highest BCUT2D eigenvalue weighted by Crippen LogP contribution is 2.40. The van der Waals surface area contributed by atoms with Gasteiger partial charge in [-0.3, -0.25) is 9.59 Å². The predicted octanol–water partition coefficient (Wildman–Crippen LogP) is 3.25. The molecule has 1 aliphatic heterocycles. The molecule has 1 unspecified atom stereocenters. The number of methoxy groups -OCH3 is 3. The van der Waals surface area contributed by atoms with Crippen molar-refractivity contribution in [3.05, 3.63) is 64.7 Å². The molecule has 0 spiro atoms. The fourth-order valence-electron chi connectivity index (χ4n) is 4.30. The van der Waals surface area contributed by atoms with Crippen molar-refractivity contribution in [3.8, 4) is 11.5 Å². The molecule has 0 saturated carbocycles. The van der Waals surface area contributed by atoms with Gasteiger partial charge in [0.15, 0.2) is 11.5 Å². The number of nitrogens with zero attached hydrogens (tertiary/aromatic N) is 2. The molecule has 1 N–H and O–H groups in total. The minimum absolute atomic E-state index is 0.0300. The van der Waals surface area contributed by atoms with Gasteiger partial charge in [-0.15, -0.1) is 0 Å². The molecule has 2 aromatic carbocycles. The second-order valence-electron chi connectivity index (χ2n) is 8.20. The number of benzene rings is 2. The molecule has 1 heterocycles. The van der Waals surface area contributed by atoms with Crippen molar-refractivity contribution in [3.63, 3.8) is 0 Å². The summed E-state index contributed by atoms with van der Waals surface area (Å²) in [5, 5.41) is 11.3. The van der Waals surface area contributed by atoms with Gasteiger partial charge in [-0.25, -0.2) is 4.79 Å². The average molecular weight is 497 g/mol. The van der Waals surface area contributed by atoms with Crippen molar-refractivity contribution >= 4 is 23.4 Å². The number of ether oxygens (including phenoxy) is 3. The first-order valence-electron chi connectivity index (χ1n) is 11.7. The number of likely N-dealkylation sites (tertiary alicyclic amines) is 1. The third kappa shape index (κ3) is 5.21. The van der Waals surface area contributed by atoms with E-state index in [1.54, 1.807) is 42.5 Å². The Morgan fingerprint density at radius 1 is 0.944 bits per heavy atom. The van der Waals surface area contributed by atoms with Crippen molar-refractivity contribution in [2.75, 3.05) is 47.5 Å². The van der Waals surface area contributed by atoms with Gasteiger partial charge in [0.1, 0.15) is 5.76 Å². The van der Waals surface area contributed by atoms with Crippen LogP contribution in [0.15, 0.2) is 48.0 Å². The van der Waals surface area contributed by atoms with E-state index >= 15 is 0 Å². The van der Waals surface area contributed by atoms with E-state index < -0.39 is 23.7 Å². The first-order valence-corrected chi connectivity index (χ1v) is 11.7. The third-order valence-corrected chi connectivity index (χ3v) is 6.40. The number of amides is 1. The maximum atomic E-state index is 13.2. The number of rotatable bonds is 10. The zero-order chi connectivity index (χ0) is 26.4. The average Bonchev–Trinajstić information content (AvgIpc) is 3.17. The molecule has 9 heteroatoms. The summed E-state index contributed by atoms with van der Waals surface area (Å²) in [5.41, 5.74) is 1.20. The Balaban J connectivity index is 2.13. The molecule has 9 nitrogen and oxygen atoms in total. The lowest BCUT2D eigenvalue weighted by Gasteiger charge is -2.28. The Morgan fingerprint density at radius 3 is 2.11 bits per heavy atom. The van der Waals surface area contributed by atoms with Crippen LogP contribution in [0.2, 0.25) is 0 Å². The quantitative estimate of drug-likeness (QED) is 0.231. The molecule has 1 saturated heterocycles. The molecule has 1 fully saturated rings. The lowest BCUT2D eigenvalue weighted by molar-refractivity contribution is -0.140. The number of Topliss-reactive ketones (excluding diaryl/α,β-unsaturated/α-hetero) is 1. The molecule has 1 atom stereocenters. The topological polar surface area (TPSA) is 106 Å². The van der Waals surface area contributed by atoms with Gasteiger partial charge in [-0.2, -0.15) is 0 Å². The van der Waals surface area contributed by atoms with Gasteiger partial charge in [0.25, 0.3) is 11.7 Å². The molecule has 0 aliphatic carbocycles. The lowest BCUT2D eigenvalue weighted by atomic mass is 9.94. The van der Waals surface area contributed by atoms with Crippen LogP contribution in [-0.4, -0.2) is 80.1 Å². The van der Waals surface area contributed by atoms with Gasteiger partial charge in [-0.05, 0) is 49.0 Å². The molecule has 1 amide bonds. The highest BCUT2D eigenvalue weighted by atomic mass is 16.5. The van der Waals surface area contributed by atoms with Crippen LogP contribution >= 0.6 is 0 Å². The van der Waals surface area contributed by atoms with Crippen LogP contribution in [0.1, 0.15) is 41.4 Å². The largest absolute Gasteiger partial charge is 0.507 e. The zero-order valence-corrected chi connectivity index (χ0v) is 21.2. The lowest BCUT2D eigenvalue weighted by Crippen LogP contribution is -2.38. The van der Waals surface area contributed by atoms with Gasteiger partial charge in [0.2, 0.25) is 0 Å². The molecule has 0 radical (unpaired) electrons. The number of esters is 1. The molecule has 192 valence electrons. The minimum atomic E-state index is -0.833. The Bertz CT molecular complexity index is 1150. The predicted molar refractivity (Wildman–Crippen MR) is 134 cm³/mol. The van der Waals surface area contributed by atoms with E-state index in [1.165, 1.54) is 26.2 Å². The number of likely N-dealkylation sites (N-methyl/N-ethyl adjacent to an activating group) is 1. The van der Waals surface area contributed by atoms with Crippen LogP contribution in [0.4, 0.5) is 0 Å². The second kappa shape index (κ2) is 11.7. The molecule has 3 rings (SSSR count). The van der Waals surface area contributed by atoms with Crippen LogP contribution in [0.25, 0.3) is 5.76 Å². The van der Waals surface area contributed by atoms with Gasteiger partial charge in [-0.1, -0.05) is 26.0 Å². The highest BCUT2D eigenvalue weighted by molar-refractivity contribution is 6.46. The van der Waals surface area contributed by atoms with Crippen molar-refractivity contribution in [1.82, 2.24) is 9.80 Å². The standard InChI is InChI=1S/C27H32N2O7/c1-6-28(7-2)14-15-29-23(17-8-10-18(11-9-17)27(33)36-5)22(25(31)26(29)32)24(30)19-12-13-20(34-3)21(16-19)35-4/h8-13,16,23,30H,6-7,14-15H2,1-5H3. The Morgan fingerprint density at radius 2 is 1.56 bits per heavy atom. The Kier molecular flexibility index (Phi) is 8.71. The number of carbonyl (C=O) groups excluding carboxylic acids is 3. The van der Waals surface area contributed by atoms with E-state index in [0.29, 0.717) is 41.3 Å². The van der Waals surface area contributed by atoms with Crippen LogP contribution in [0.3, 0.4) is 0 Å². The van der Waals surface area contributed by atoms with Gasteiger partial charge in [0.05, 0.1) is 38.5 Å². The molecular formula is C27H32N2O7. The van der Waals surface area contributed by atoms with Crippen molar-refractivity contribution in [2.45, 2.75) is 19.9 Å². The fourth-order valence-corrected chi connectivity index (χ4v) is 4.30. The van der Waals surface area contributed by atoms with Crippen molar-refractivity contribution in [1.29, 1.82) is 0 Å². The Hall–Kier alpha value is -3.85. The van der Waals surface area contributed by atoms with E-state index in [1.807, 2.05) is 13.8 Å². The SMILES string of the molecule is CCN(CC)CCN1C(=O)C(=O)C(=C(O)c2ccc(OC)c(OC)c2)C1c1ccc(C(=O)OC)cc1. The number of aliphatic hydroxyl groups is 1. The van der Waals surface area contributed by atoms with Crippen molar-refractivity contribution < 1.29 is 33.7 Å².